The van der Waals surface area contributed by atoms with Crippen molar-refractivity contribution in [3.8, 4) is 66.8 Å². The van der Waals surface area contributed by atoms with Gasteiger partial charge in [0.05, 0.1) is 11.4 Å². The molecule has 0 fully saturated rings. The zero-order valence-corrected chi connectivity index (χ0v) is 32.8. The van der Waals surface area contributed by atoms with Crippen LogP contribution < -0.4 is 4.90 Å². The summed E-state index contributed by atoms with van der Waals surface area (Å²) in [5.74, 6) is 0. The number of hydrogen-bond donors (Lipinski definition) is 0. The first kappa shape index (κ1) is 35.2. The van der Waals surface area contributed by atoms with Gasteiger partial charge in [0.15, 0.2) is 0 Å². The molecule has 0 unspecified atom stereocenters. The molecule has 10 rings (SSSR count). The Bertz CT molecular complexity index is 2890. The fraction of sp³-hybridized carbons (Fsp3) is 0.0526. The maximum Gasteiger partial charge on any atom is 0.0546 e. The normalized spacial score (nSPS) is 12.4. The molecule has 1 aliphatic rings. The molecule has 0 bridgehead atoms. The summed E-state index contributed by atoms with van der Waals surface area (Å²) in [6.45, 7) is 4.70. The van der Waals surface area contributed by atoms with E-state index in [4.69, 9.17) is 0 Å². The van der Waals surface area contributed by atoms with Crippen LogP contribution in [0.2, 0.25) is 0 Å². The lowest BCUT2D eigenvalue weighted by Gasteiger charge is -2.31. The third-order valence-electron chi connectivity index (χ3n) is 11.9. The molecule has 276 valence electrons. The average Bonchev–Trinajstić information content (AvgIpc) is 3.53. The van der Waals surface area contributed by atoms with Gasteiger partial charge in [-0.1, -0.05) is 208 Å². The summed E-state index contributed by atoms with van der Waals surface area (Å²) in [6, 6.07) is 81.9. The van der Waals surface area contributed by atoms with E-state index in [-0.39, 0.29) is 5.41 Å². The van der Waals surface area contributed by atoms with E-state index < -0.39 is 0 Å². The summed E-state index contributed by atoms with van der Waals surface area (Å²) >= 11 is 0. The van der Waals surface area contributed by atoms with E-state index in [1.54, 1.807) is 0 Å². The van der Waals surface area contributed by atoms with Crippen molar-refractivity contribution in [1.82, 2.24) is 0 Å². The predicted molar refractivity (Wildman–Crippen MR) is 246 cm³/mol. The van der Waals surface area contributed by atoms with Crippen LogP contribution in [-0.4, -0.2) is 0 Å². The van der Waals surface area contributed by atoms with Crippen LogP contribution >= 0.6 is 0 Å². The highest BCUT2D eigenvalue weighted by atomic mass is 15.1. The average molecular weight is 742 g/mol. The largest absolute Gasteiger partial charge is 0.309 e. The number of anilines is 3. The predicted octanol–water partition coefficient (Wildman–Crippen LogP) is 15.8. The summed E-state index contributed by atoms with van der Waals surface area (Å²) < 4.78 is 0. The van der Waals surface area contributed by atoms with Crippen molar-refractivity contribution >= 4 is 17.1 Å². The van der Waals surface area contributed by atoms with Crippen molar-refractivity contribution in [2.24, 2.45) is 0 Å². The van der Waals surface area contributed by atoms with E-state index in [9.17, 15) is 0 Å². The van der Waals surface area contributed by atoms with Gasteiger partial charge in [-0.05, 0) is 97.1 Å². The molecule has 0 atom stereocenters. The van der Waals surface area contributed by atoms with Gasteiger partial charge in [0.1, 0.15) is 0 Å². The van der Waals surface area contributed by atoms with Gasteiger partial charge in [-0.3, -0.25) is 0 Å². The Kier molecular flexibility index (Phi) is 8.92. The Morgan fingerprint density at radius 1 is 0.293 bits per heavy atom. The summed E-state index contributed by atoms with van der Waals surface area (Å²) in [4.78, 5) is 2.48. The highest BCUT2D eigenvalue weighted by molar-refractivity contribution is 6.03. The van der Waals surface area contributed by atoms with Crippen molar-refractivity contribution in [3.63, 3.8) is 0 Å². The van der Waals surface area contributed by atoms with E-state index in [0.29, 0.717) is 0 Å². The van der Waals surface area contributed by atoms with Gasteiger partial charge in [-0.25, -0.2) is 0 Å². The Balaban J connectivity index is 1.24. The molecule has 58 heavy (non-hydrogen) atoms. The standard InChI is InChI=1S/C57H43N/c1-57(2)52-30-16-14-27-49(52)51-39-44(35-38-53(51)57)47-26-15-17-31-54(47)58(45-36-33-41(34-37-45)40-19-6-3-7-20-40)55-32-18-29-48(43-23-10-5-11-24-43)56(55)50-28-13-12-25-46(50)42-21-8-4-9-22-42/h3-39H,1-2H3. The maximum absolute atomic E-state index is 2.48. The van der Waals surface area contributed by atoms with Crippen molar-refractivity contribution in [1.29, 1.82) is 0 Å². The fourth-order valence-corrected chi connectivity index (χ4v) is 9.08. The number of rotatable bonds is 8. The maximum atomic E-state index is 2.48. The topological polar surface area (TPSA) is 3.24 Å². The molecular formula is C57H43N. The van der Waals surface area contributed by atoms with Gasteiger partial charge < -0.3 is 4.90 Å². The van der Waals surface area contributed by atoms with Crippen LogP contribution in [0.15, 0.2) is 224 Å². The van der Waals surface area contributed by atoms with Gasteiger partial charge in [-0.2, -0.15) is 0 Å². The van der Waals surface area contributed by atoms with Crippen molar-refractivity contribution in [2.45, 2.75) is 19.3 Å². The number of fused-ring (bicyclic) bond motifs is 3. The Hall–Kier alpha value is -7.22. The van der Waals surface area contributed by atoms with Gasteiger partial charge in [0, 0.05) is 22.2 Å². The van der Waals surface area contributed by atoms with Gasteiger partial charge >= 0.3 is 0 Å². The summed E-state index contributed by atoms with van der Waals surface area (Å²) in [7, 11) is 0. The smallest absolute Gasteiger partial charge is 0.0546 e. The molecule has 0 radical (unpaired) electrons. The Morgan fingerprint density at radius 3 is 1.45 bits per heavy atom. The molecule has 0 amide bonds. The Labute approximate surface area is 342 Å². The number of nitrogens with zero attached hydrogens (tertiary/aromatic N) is 1. The van der Waals surface area contributed by atoms with Gasteiger partial charge in [-0.15, -0.1) is 0 Å². The molecule has 9 aromatic carbocycles. The van der Waals surface area contributed by atoms with Crippen LogP contribution in [0, 0.1) is 0 Å². The van der Waals surface area contributed by atoms with Gasteiger partial charge in [0.2, 0.25) is 0 Å². The molecule has 0 spiro atoms. The third kappa shape index (κ3) is 6.13. The highest BCUT2D eigenvalue weighted by Gasteiger charge is 2.35. The minimum Gasteiger partial charge on any atom is -0.309 e. The molecule has 9 aromatic rings. The quantitative estimate of drug-likeness (QED) is 0.150. The van der Waals surface area contributed by atoms with Crippen LogP contribution in [-0.2, 0) is 5.41 Å². The van der Waals surface area contributed by atoms with Crippen LogP contribution in [0.4, 0.5) is 17.1 Å². The molecule has 0 aromatic heterocycles. The van der Waals surface area contributed by atoms with Crippen LogP contribution in [0.5, 0.6) is 0 Å². The minimum atomic E-state index is -0.0601. The van der Waals surface area contributed by atoms with E-state index in [0.717, 1.165) is 17.1 Å². The Morgan fingerprint density at radius 2 is 0.759 bits per heavy atom. The lowest BCUT2D eigenvalue weighted by Crippen LogP contribution is -2.15. The molecule has 1 heteroatoms. The molecule has 1 nitrogen and oxygen atoms in total. The fourth-order valence-electron chi connectivity index (χ4n) is 9.08. The van der Waals surface area contributed by atoms with Crippen LogP contribution in [0.1, 0.15) is 25.0 Å². The highest BCUT2D eigenvalue weighted by Crippen LogP contribution is 2.52. The summed E-state index contributed by atoms with van der Waals surface area (Å²) in [5, 5.41) is 0. The van der Waals surface area contributed by atoms with E-state index in [1.165, 1.54) is 77.9 Å². The zero-order chi connectivity index (χ0) is 39.1. The van der Waals surface area contributed by atoms with E-state index >= 15 is 0 Å². The molecule has 0 heterocycles. The zero-order valence-electron chi connectivity index (χ0n) is 32.8. The number of benzene rings is 9. The number of para-hydroxylation sites is 1. The molecule has 0 aliphatic heterocycles. The first-order valence-corrected chi connectivity index (χ1v) is 20.2. The molecule has 0 N–H and O–H groups in total. The first-order chi connectivity index (χ1) is 28.6. The van der Waals surface area contributed by atoms with Crippen molar-refractivity contribution in [3.05, 3.63) is 236 Å². The minimum absolute atomic E-state index is 0.0601. The van der Waals surface area contributed by atoms with E-state index in [2.05, 4.69) is 243 Å². The summed E-state index contributed by atoms with van der Waals surface area (Å²) in [5.41, 5.74) is 20.5. The molecular weight excluding hydrogens is 699 g/mol. The van der Waals surface area contributed by atoms with Crippen molar-refractivity contribution in [2.75, 3.05) is 4.90 Å². The molecule has 1 aliphatic carbocycles. The lowest BCUT2D eigenvalue weighted by atomic mass is 9.82. The number of hydrogen-bond acceptors (Lipinski definition) is 1. The van der Waals surface area contributed by atoms with Crippen LogP contribution in [0.3, 0.4) is 0 Å². The summed E-state index contributed by atoms with van der Waals surface area (Å²) in [6.07, 6.45) is 0. The van der Waals surface area contributed by atoms with E-state index in [1.807, 2.05) is 0 Å². The molecule has 0 saturated heterocycles. The third-order valence-corrected chi connectivity index (χ3v) is 11.9. The molecule has 0 saturated carbocycles. The second kappa shape index (κ2) is 14.7. The van der Waals surface area contributed by atoms with Crippen LogP contribution in [0.25, 0.3) is 66.8 Å². The second-order valence-corrected chi connectivity index (χ2v) is 15.7. The lowest BCUT2D eigenvalue weighted by molar-refractivity contribution is 0.660. The second-order valence-electron chi connectivity index (χ2n) is 15.7. The van der Waals surface area contributed by atoms with Crippen molar-refractivity contribution < 1.29 is 0 Å². The first-order valence-electron chi connectivity index (χ1n) is 20.2. The monoisotopic (exact) mass is 741 g/mol. The van der Waals surface area contributed by atoms with Gasteiger partial charge in [0.25, 0.3) is 0 Å². The SMILES string of the molecule is CC1(C)c2ccccc2-c2cc(-c3ccccc3N(c3ccc(-c4ccccc4)cc3)c3cccc(-c4ccccc4)c3-c3ccccc3-c3ccccc3)ccc21.